The normalized spacial score (nSPS) is 17.9. The summed E-state index contributed by atoms with van der Waals surface area (Å²) in [6.45, 7) is 3.22. The Bertz CT molecular complexity index is 586. The molecule has 2 aromatic rings. The highest BCUT2D eigenvalue weighted by Crippen LogP contribution is 2.33. The molecule has 1 fully saturated rings. The Morgan fingerprint density at radius 3 is 2.33 bits per heavy atom. The van der Waals surface area contributed by atoms with Crippen LogP contribution in [-0.4, -0.2) is 31.1 Å². The zero-order chi connectivity index (χ0) is 14.8. The molecule has 6 heteroatoms. The molecule has 1 atom stereocenters. The van der Waals surface area contributed by atoms with Gasteiger partial charge in [0.15, 0.2) is 17.5 Å². The molecular formula is C15H15F3N2S. The second kappa shape index (κ2) is 6.17. The van der Waals surface area contributed by atoms with E-state index in [1.807, 2.05) is 17.5 Å². The van der Waals surface area contributed by atoms with Crippen molar-refractivity contribution in [3.8, 4) is 0 Å². The lowest BCUT2D eigenvalue weighted by Gasteiger charge is -2.34. The smallest absolute Gasteiger partial charge is 0.194 e. The summed E-state index contributed by atoms with van der Waals surface area (Å²) in [6.07, 6.45) is 0. The molecule has 1 aliphatic rings. The molecule has 1 aromatic heterocycles. The molecule has 3 rings (SSSR count). The van der Waals surface area contributed by atoms with E-state index in [4.69, 9.17) is 0 Å². The van der Waals surface area contributed by atoms with Gasteiger partial charge in [0, 0.05) is 31.1 Å². The first kappa shape index (κ1) is 14.6. The van der Waals surface area contributed by atoms with Crippen molar-refractivity contribution in [2.24, 2.45) is 0 Å². The third-order valence-corrected chi connectivity index (χ3v) is 4.58. The first-order chi connectivity index (χ1) is 10.2. The summed E-state index contributed by atoms with van der Waals surface area (Å²) < 4.78 is 40.3. The molecule has 2 nitrogen and oxygen atoms in total. The molecule has 1 aliphatic heterocycles. The fourth-order valence-corrected chi connectivity index (χ4v) is 3.56. The predicted molar refractivity (Wildman–Crippen MR) is 76.9 cm³/mol. The minimum Gasteiger partial charge on any atom is -0.314 e. The number of hydrogen-bond acceptors (Lipinski definition) is 3. The highest BCUT2D eigenvalue weighted by molar-refractivity contribution is 7.10. The molecule has 0 unspecified atom stereocenters. The van der Waals surface area contributed by atoms with Gasteiger partial charge in [-0.15, -0.1) is 11.3 Å². The number of thiophene rings is 1. The molecule has 0 saturated carbocycles. The van der Waals surface area contributed by atoms with E-state index in [0.717, 1.165) is 43.2 Å². The van der Waals surface area contributed by atoms with E-state index in [1.165, 1.54) is 11.3 Å². The lowest BCUT2D eigenvalue weighted by molar-refractivity contribution is 0.200. The Morgan fingerprint density at radius 2 is 1.76 bits per heavy atom. The Hall–Kier alpha value is -1.37. The maximum absolute atomic E-state index is 13.6. The molecule has 1 aromatic carbocycles. The Balaban J connectivity index is 2.02. The van der Waals surface area contributed by atoms with Crippen LogP contribution in [-0.2, 0) is 0 Å². The van der Waals surface area contributed by atoms with Gasteiger partial charge >= 0.3 is 0 Å². The summed E-state index contributed by atoms with van der Waals surface area (Å²) in [5, 5.41) is 5.18. The van der Waals surface area contributed by atoms with Crippen LogP contribution >= 0.6 is 11.3 Å². The van der Waals surface area contributed by atoms with Gasteiger partial charge in [-0.1, -0.05) is 6.07 Å². The van der Waals surface area contributed by atoms with Gasteiger partial charge in [-0.25, -0.2) is 13.2 Å². The Labute approximate surface area is 125 Å². The van der Waals surface area contributed by atoms with Crippen LogP contribution in [0.5, 0.6) is 0 Å². The van der Waals surface area contributed by atoms with Gasteiger partial charge in [0.05, 0.1) is 6.04 Å². The van der Waals surface area contributed by atoms with E-state index in [0.29, 0.717) is 5.56 Å². The van der Waals surface area contributed by atoms with E-state index in [1.54, 1.807) is 0 Å². The van der Waals surface area contributed by atoms with E-state index in [9.17, 15) is 13.2 Å². The number of nitrogens with one attached hydrogen (secondary N) is 1. The SMILES string of the molecule is Fc1cc([C@@H](c2cccs2)N2CCNCC2)cc(F)c1F. The van der Waals surface area contributed by atoms with Crippen molar-refractivity contribution < 1.29 is 13.2 Å². The summed E-state index contributed by atoms with van der Waals surface area (Å²) in [6, 6.07) is 5.81. The molecule has 0 amide bonds. The van der Waals surface area contributed by atoms with Crippen LogP contribution in [0.2, 0.25) is 0 Å². The Kier molecular flexibility index (Phi) is 4.28. The minimum absolute atomic E-state index is 0.239. The number of nitrogens with zero attached hydrogens (tertiary/aromatic N) is 1. The largest absolute Gasteiger partial charge is 0.314 e. The van der Waals surface area contributed by atoms with Crippen LogP contribution < -0.4 is 5.32 Å². The molecule has 21 heavy (non-hydrogen) atoms. The molecule has 1 N–H and O–H groups in total. The highest BCUT2D eigenvalue weighted by atomic mass is 32.1. The van der Waals surface area contributed by atoms with Crippen molar-refractivity contribution >= 4 is 11.3 Å². The van der Waals surface area contributed by atoms with Gasteiger partial charge < -0.3 is 5.32 Å². The zero-order valence-electron chi connectivity index (χ0n) is 11.3. The number of hydrogen-bond donors (Lipinski definition) is 1. The lowest BCUT2D eigenvalue weighted by Crippen LogP contribution is -2.45. The van der Waals surface area contributed by atoms with Gasteiger partial charge in [-0.3, -0.25) is 4.90 Å². The van der Waals surface area contributed by atoms with Gasteiger partial charge in [-0.05, 0) is 29.1 Å². The third kappa shape index (κ3) is 2.97. The van der Waals surface area contributed by atoms with Crippen molar-refractivity contribution in [3.05, 3.63) is 57.5 Å². The van der Waals surface area contributed by atoms with Crippen LogP contribution in [0.4, 0.5) is 13.2 Å². The average molecular weight is 312 g/mol. The monoisotopic (exact) mass is 312 g/mol. The van der Waals surface area contributed by atoms with Crippen LogP contribution in [0.25, 0.3) is 0 Å². The second-order valence-electron chi connectivity index (χ2n) is 5.00. The van der Waals surface area contributed by atoms with Crippen molar-refractivity contribution in [3.63, 3.8) is 0 Å². The summed E-state index contributed by atoms with van der Waals surface area (Å²) >= 11 is 1.53. The fourth-order valence-electron chi connectivity index (χ4n) is 2.68. The van der Waals surface area contributed by atoms with Crippen molar-refractivity contribution in [2.45, 2.75) is 6.04 Å². The summed E-state index contributed by atoms with van der Waals surface area (Å²) in [4.78, 5) is 3.16. The van der Waals surface area contributed by atoms with Gasteiger partial charge in [-0.2, -0.15) is 0 Å². The zero-order valence-corrected chi connectivity index (χ0v) is 12.1. The standard InChI is InChI=1S/C15H15F3N2S/c16-11-8-10(9-12(17)14(11)18)15(13-2-1-7-21-13)20-5-3-19-4-6-20/h1-2,7-9,15,19H,3-6H2/t15-/m0/s1. The first-order valence-corrected chi connectivity index (χ1v) is 7.67. The van der Waals surface area contributed by atoms with E-state index in [2.05, 4.69) is 10.2 Å². The number of piperazine rings is 1. The Morgan fingerprint density at radius 1 is 1.10 bits per heavy atom. The van der Waals surface area contributed by atoms with E-state index >= 15 is 0 Å². The maximum Gasteiger partial charge on any atom is 0.194 e. The molecule has 0 spiro atoms. The molecule has 0 radical (unpaired) electrons. The quantitative estimate of drug-likeness (QED) is 0.876. The number of benzene rings is 1. The topological polar surface area (TPSA) is 15.3 Å². The maximum atomic E-state index is 13.6. The van der Waals surface area contributed by atoms with E-state index < -0.39 is 17.5 Å². The molecule has 112 valence electrons. The van der Waals surface area contributed by atoms with Crippen molar-refractivity contribution in [1.29, 1.82) is 0 Å². The van der Waals surface area contributed by atoms with Crippen molar-refractivity contribution in [1.82, 2.24) is 10.2 Å². The molecule has 0 bridgehead atoms. The molecular weight excluding hydrogens is 297 g/mol. The molecule has 0 aliphatic carbocycles. The van der Waals surface area contributed by atoms with Crippen LogP contribution in [0.15, 0.2) is 29.6 Å². The summed E-state index contributed by atoms with van der Waals surface area (Å²) in [7, 11) is 0. The van der Waals surface area contributed by atoms with Crippen molar-refractivity contribution in [2.75, 3.05) is 26.2 Å². The second-order valence-corrected chi connectivity index (χ2v) is 5.98. The number of halogens is 3. The molecule has 1 saturated heterocycles. The first-order valence-electron chi connectivity index (χ1n) is 6.79. The minimum atomic E-state index is -1.41. The number of rotatable bonds is 3. The van der Waals surface area contributed by atoms with E-state index in [-0.39, 0.29) is 6.04 Å². The highest BCUT2D eigenvalue weighted by Gasteiger charge is 2.26. The van der Waals surface area contributed by atoms with Gasteiger partial charge in [0.2, 0.25) is 0 Å². The van der Waals surface area contributed by atoms with Gasteiger partial charge in [0.1, 0.15) is 0 Å². The molecule has 2 heterocycles. The summed E-state index contributed by atoms with van der Waals surface area (Å²) in [5.74, 6) is -3.69. The summed E-state index contributed by atoms with van der Waals surface area (Å²) in [5.41, 5.74) is 0.454. The van der Waals surface area contributed by atoms with Gasteiger partial charge in [0.25, 0.3) is 0 Å². The lowest BCUT2D eigenvalue weighted by atomic mass is 10.0. The van der Waals surface area contributed by atoms with Crippen LogP contribution in [0.3, 0.4) is 0 Å². The average Bonchev–Trinajstić information content (AvgIpc) is 3.00. The third-order valence-electron chi connectivity index (χ3n) is 3.65. The van der Waals surface area contributed by atoms with Crippen LogP contribution in [0, 0.1) is 17.5 Å². The fraction of sp³-hybridized carbons (Fsp3) is 0.333. The predicted octanol–water partition coefficient (Wildman–Crippen LogP) is 3.16. The van der Waals surface area contributed by atoms with Crippen LogP contribution in [0.1, 0.15) is 16.5 Å².